The summed E-state index contributed by atoms with van der Waals surface area (Å²) in [5, 5.41) is 5.42. The van der Waals surface area contributed by atoms with Crippen LogP contribution in [0.15, 0.2) is 41.5 Å². The van der Waals surface area contributed by atoms with Crippen LogP contribution < -0.4 is 14.4 Å². The molecule has 0 aromatic heterocycles. The number of hydrogen-bond acceptors (Lipinski definition) is 7. The molecule has 0 radical (unpaired) electrons. The highest BCUT2D eigenvalue weighted by Crippen LogP contribution is 2.66. The molecule has 2 atom stereocenters. The molecule has 0 spiro atoms. The summed E-state index contributed by atoms with van der Waals surface area (Å²) < 4.78 is 10.9. The van der Waals surface area contributed by atoms with Gasteiger partial charge in [0.05, 0.1) is 16.4 Å². The predicted octanol–water partition coefficient (Wildman–Crippen LogP) is 6.01. The second-order valence-corrected chi connectivity index (χ2v) is 13.4. The Kier molecular flexibility index (Phi) is 5.82. The van der Waals surface area contributed by atoms with Gasteiger partial charge >= 0.3 is 5.24 Å². The number of rotatable bonds is 3. The van der Waals surface area contributed by atoms with Crippen LogP contribution in [0.5, 0.6) is 11.5 Å². The molecule has 3 heterocycles. The second-order valence-electron chi connectivity index (χ2n) is 12.1. The van der Waals surface area contributed by atoms with E-state index in [2.05, 4.69) is 19.9 Å². The maximum Gasteiger partial charge on any atom is 0.309 e. The summed E-state index contributed by atoms with van der Waals surface area (Å²) in [4.78, 5) is 42.4. The number of carbonyl (C=O) groups excluding carboxylic acids is 3. The Labute approximate surface area is 238 Å². The molecule has 0 saturated heterocycles. The van der Waals surface area contributed by atoms with Gasteiger partial charge in [-0.15, -0.1) is 0 Å². The molecule has 3 aliphatic heterocycles. The molecule has 2 aliphatic carbocycles. The van der Waals surface area contributed by atoms with Gasteiger partial charge in [-0.3, -0.25) is 14.4 Å². The summed E-state index contributed by atoms with van der Waals surface area (Å²) in [6, 6.07) is 11.3. The van der Waals surface area contributed by atoms with E-state index in [0.717, 1.165) is 77.8 Å². The average molecular weight is 560 g/mol. The molecule has 40 heavy (non-hydrogen) atoms. The molecule has 2 bridgehead atoms. The third-order valence-corrected chi connectivity index (χ3v) is 11.1. The number of fused-ring (bicyclic) bond motifs is 4. The summed E-state index contributed by atoms with van der Waals surface area (Å²) in [6.45, 7) is 7.00. The van der Waals surface area contributed by atoms with Gasteiger partial charge in [-0.25, -0.2) is 0 Å². The minimum absolute atomic E-state index is 0.0822. The fraction of sp³-hybridized carbons (Fsp3) is 0.484. The first-order valence-electron chi connectivity index (χ1n) is 14.2. The standard InChI is InChI=1S/C31H33N3O5S/c1-18-26(32-34(29(37)40-18)28(36)31(3)22-10-12-30(31,2)13-11-22)20-6-8-23-19(15-20)5-4-14-33(23)27(35)21-7-9-24-25(16-21)39-17-38-24/h6-9,15-16,18,22H,4-5,10-14,17H2,1-3H3. The van der Waals surface area contributed by atoms with Crippen LogP contribution >= 0.6 is 11.8 Å². The van der Waals surface area contributed by atoms with Gasteiger partial charge in [0.25, 0.3) is 11.8 Å². The quantitative estimate of drug-likeness (QED) is 0.458. The Balaban J connectivity index is 1.19. The molecule has 208 valence electrons. The third-order valence-electron chi connectivity index (χ3n) is 10.2. The zero-order chi connectivity index (χ0) is 27.8. The molecule has 2 fully saturated rings. The van der Waals surface area contributed by atoms with E-state index in [1.165, 1.54) is 0 Å². The van der Waals surface area contributed by atoms with Gasteiger partial charge in [-0.2, -0.15) is 10.1 Å². The molecule has 0 N–H and O–H groups in total. The van der Waals surface area contributed by atoms with Crippen molar-refractivity contribution in [3.63, 3.8) is 0 Å². The lowest BCUT2D eigenvalue weighted by atomic mass is 9.68. The number of thioether (sulfide) groups is 1. The van der Waals surface area contributed by atoms with Gasteiger partial charge in [0.2, 0.25) is 6.79 Å². The number of anilines is 1. The van der Waals surface area contributed by atoms with E-state index in [0.29, 0.717) is 29.5 Å². The number of hydrazone groups is 1. The monoisotopic (exact) mass is 559 g/mol. The van der Waals surface area contributed by atoms with Gasteiger partial charge in [0.1, 0.15) is 0 Å². The highest BCUT2D eigenvalue weighted by Gasteiger charge is 2.64. The molecule has 2 aromatic carbocycles. The fourth-order valence-corrected chi connectivity index (χ4v) is 8.38. The first-order valence-corrected chi connectivity index (χ1v) is 15.1. The van der Waals surface area contributed by atoms with Gasteiger partial charge in [0, 0.05) is 17.8 Å². The topological polar surface area (TPSA) is 88.5 Å². The van der Waals surface area contributed by atoms with Gasteiger partial charge in [0.15, 0.2) is 11.5 Å². The van der Waals surface area contributed by atoms with E-state index in [1.54, 1.807) is 18.2 Å². The zero-order valence-electron chi connectivity index (χ0n) is 23.1. The Hall–Kier alpha value is -3.33. The molecular formula is C31H33N3O5S. The minimum Gasteiger partial charge on any atom is -0.454 e. The van der Waals surface area contributed by atoms with Gasteiger partial charge in [-0.1, -0.05) is 24.8 Å². The van der Waals surface area contributed by atoms with Crippen LogP contribution in [-0.2, 0) is 11.2 Å². The number of imide groups is 1. The number of hydrogen-bond donors (Lipinski definition) is 0. The lowest BCUT2D eigenvalue weighted by Gasteiger charge is -2.39. The van der Waals surface area contributed by atoms with E-state index in [-0.39, 0.29) is 34.5 Å². The van der Waals surface area contributed by atoms with E-state index in [1.807, 2.05) is 24.0 Å². The molecule has 2 saturated carbocycles. The first-order chi connectivity index (χ1) is 19.2. The second kappa shape index (κ2) is 9.09. The maximum absolute atomic E-state index is 14.0. The summed E-state index contributed by atoms with van der Waals surface area (Å²) in [7, 11) is 0. The Morgan fingerprint density at radius 2 is 1.82 bits per heavy atom. The SMILES string of the molecule is CC1SC(=O)N(C(=O)C2(C)C3CCC2(C)CC3)N=C1c1ccc2c(c1)CCCN2C(=O)c1ccc2c(c1)OCO2. The van der Waals surface area contributed by atoms with Crippen molar-refractivity contribution in [1.29, 1.82) is 0 Å². The highest BCUT2D eigenvalue weighted by atomic mass is 32.2. The number of ether oxygens (including phenoxy) is 2. The first kappa shape index (κ1) is 25.6. The molecule has 5 aliphatic rings. The van der Waals surface area contributed by atoms with Crippen LogP contribution in [0.4, 0.5) is 10.5 Å². The van der Waals surface area contributed by atoms with Crippen molar-refractivity contribution in [2.75, 3.05) is 18.2 Å². The lowest BCUT2D eigenvalue weighted by Crippen LogP contribution is -2.50. The Morgan fingerprint density at radius 1 is 1.05 bits per heavy atom. The van der Waals surface area contributed by atoms with Crippen molar-refractivity contribution in [1.82, 2.24) is 5.01 Å². The van der Waals surface area contributed by atoms with Crippen LogP contribution in [0, 0.1) is 16.7 Å². The number of aryl methyl sites for hydroxylation is 1. The Bertz CT molecular complexity index is 1480. The number of amides is 3. The summed E-state index contributed by atoms with van der Waals surface area (Å²) in [6.07, 6.45) is 5.79. The maximum atomic E-state index is 14.0. The zero-order valence-corrected chi connectivity index (χ0v) is 23.9. The molecule has 8 nitrogen and oxygen atoms in total. The van der Waals surface area contributed by atoms with E-state index in [9.17, 15) is 14.4 Å². The molecule has 7 rings (SSSR count). The van der Waals surface area contributed by atoms with Gasteiger partial charge < -0.3 is 14.4 Å². The normalized spacial score (nSPS) is 30.4. The third kappa shape index (κ3) is 3.66. The minimum atomic E-state index is -0.566. The smallest absolute Gasteiger partial charge is 0.309 e. The van der Waals surface area contributed by atoms with Crippen LogP contribution in [0.2, 0.25) is 0 Å². The van der Waals surface area contributed by atoms with Crippen molar-refractivity contribution in [3.05, 3.63) is 53.1 Å². The van der Waals surface area contributed by atoms with Crippen molar-refractivity contribution in [3.8, 4) is 11.5 Å². The largest absolute Gasteiger partial charge is 0.454 e. The summed E-state index contributed by atoms with van der Waals surface area (Å²) in [5.41, 5.74) is 3.44. The number of benzene rings is 2. The molecule has 2 unspecified atom stereocenters. The average Bonchev–Trinajstić information content (AvgIpc) is 3.61. The number of carbonyl (C=O) groups is 3. The van der Waals surface area contributed by atoms with Crippen molar-refractivity contribution >= 4 is 40.2 Å². The molecular weight excluding hydrogens is 526 g/mol. The van der Waals surface area contributed by atoms with Crippen LogP contribution in [-0.4, -0.2) is 46.4 Å². The molecule has 9 heteroatoms. The Morgan fingerprint density at radius 3 is 2.58 bits per heavy atom. The van der Waals surface area contributed by atoms with Crippen LogP contribution in [0.25, 0.3) is 0 Å². The fourth-order valence-electron chi connectivity index (χ4n) is 7.56. The number of nitrogens with zero attached hydrogens (tertiary/aromatic N) is 3. The van der Waals surface area contributed by atoms with Crippen molar-refractivity contribution < 1.29 is 23.9 Å². The van der Waals surface area contributed by atoms with Crippen molar-refractivity contribution in [2.45, 2.75) is 64.5 Å². The highest BCUT2D eigenvalue weighted by molar-refractivity contribution is 8.14. The molecule has 3 amide bonds. The van der Waals surface area contributed by atoms with Gasteiger partial charge in [-0.05, 0) is 105 Å². The van der Waals surface area contributed by atoms with E-state index in [4.69, 9.17) is 14.6 Å². The van der Waals surface area contributed by atoms with Crippen molar-refractivity contribution in [2.24, 2.45) is 21.8 Å². The van der Waals surface area contributed by atoms with Crippen LogP contribution in [0.3, 0.4) is 0 Å². The lowest BCUT2D eigenvalue weighted by molar-refractivity contribution is -0.143. The summed E-state index contributed by atoms with van der Waals surface area (Å²) >= 11 is 1.16. The predicted molar refractivity (Wildman–Crippen MR) is 153 cm³/mol. The molecule has 2 aromatic rings. The van der Waals surface area contributed by atoms with Crippen LogP contribution in [0.1, 0.15) is 74.4 Å². The summed E-state index contributed by atoms with van der Waals surface area (Å²) in [5.74, 6) is 1.30. The van der Waals surface area contributed by atoms with E-state index < -0.39 is 5.41 Å². The van der Waals surface area contributed by atoms with E-state index >= 15 is 0 Å².